The van der Waals surface area contributed by atoms with Crippen LogP contribution in [-0.2, 0) is 5.41 Å². The van der Waals surface area contributed by atoms with Gasteiger partial charge >= 0.3 is 0 Å². The summed E-state index contributed by atoms with van der Waals surface area (Å²) < 4.78 is 2.48. The lowest BCUT2D eigenvalue weighted by Crippen LogP contribution is -2.15. The Morgan fingerprint density at radius 2 is 0.817 bits per heavy atom. The molecule has 286 valence electrons. The Morgan fingerprint density at radius 1 is 0.333 bits per heavy atom. The second kappa shape index (κ2) is 14.3. The zero-order chi connectivity index (χ0) is 40.2. The lowest BCUT2D eigenvalue weighted by Gasteiger charge is -2.26. The molecule has 0 saturated heterocycles. The predicted octanol–water partition coefficient (Wildman–Crippen LogP) is 15.7. The van der Waals surface area contributed by atoms with Gasteiger partial charge in [-0.2, -0.15) is 0 Å². The highest BCUT2D eigenvalue weighted by Crippen LogP contribution is 2.51. The van der Waals surface area contributed by atoms with Gasteiger partial charge in [-0.1, -0.05) is 141 Å². The summed E-state index contributed by atoms with van der Waals surface area (Å²) in [6.45, 7) is 4.74. The van der Waals surface area contributed by atoms with E-state index >= 15 is 0 Å². The van der Waals surface area contributed by atoms with Gasteiger partial charge in [-0.25, -0.2) is 0 Å². The summed E-state index contributed by atoms with van der Waals surface area (Å²) in [4.78, 5) is 4.72. The Labute approximate surface area is 351 Å². The van der Waals surface area contributed by atoms with Gasteiger partial charge in [-0.3, -0.25) is 0 Å². The van der Waals surface area contributed by atoms with Crippen LogP contribution in [0.15, 0.2) is 224 Å². The molecule has 1 heterocycles. The average molecular weight is 770 g/mol. The summed E-state index contributed by atoms with van der Waals surface area (Å²) in [5.41, 5.74) is 17.8. The van der Waals surface area contributed by atoms with Crippen molar-refractivity contribution in [1.29, 1.82) is 0 Å². The first-order valence-corrected chi connectivity index (χ1v) is 20.8. The molecule has 1 aliphatic rings. The van der Waals surface area contributed by atoms with E-state index in [2.05, 4.69) is 253 Å². The van der Waals surface area contributed by atoms with Gasteiger partial charge in [0.05, 0.1) is 11.0 Å². The minimum absolute atomic E-state index is 0.137. The van der Waals surface area contributed by atoms with E-state index in [1.54, 1.807) is 0 Å². The number of fused-ring (bicyclic) bond motifs is 6. The number of benzene rings is 9. The topological polar surface area (TPSA) is 11.4 Å². The van der Waals surface area contributed by atoms with Crippen molar-refractivity contribution in [3.8, 4) is 27.9 Å². The van der Waals surface area contributed by atoms with Crippen molar-refractivity contribution in [3.05, 3.63) is 236 Å². The summed E-state index contributed by atoms with van der Waals surface area (Å²) in [6.07, 6.45) is 0. The SMILES string of the molecule is CC1(C)c2ccccc2-c2cc3c4cc(N(c5ccccc5)c5ccccc5)ccc4n(-c4cccc(N(c5ccccc5)c5ccc(-c6ccccc6)cc5)c4)c3cc21. The van der Waals surface area contributed by atoms with Crippen molar-refractivity contribution in [1.82, 2.24) is 4.57 Å². The number of aromatic nitrogens is 1. The summed E-state index contributed by atoms with van der Waals surface area (Å²) in [5.74, 6) is 0. The largest absolute Gasteiger partial charge is 0.310 e. The molecular formula is C57H43N3. The van der Waals surface area contributed by atoms with Crippen molar-refractivity contribution < 1.29 is 0 Å². The molecule has 0 fully saturated rings. The van der Waals surface area contributed by atoms with Gasteiger partial charge in [0.2, 0.25) is 0 Å². The van der Waals surface area contributed by atoms with Gasteiger partial charge in [0.1, 0.15) is 0 Å². The number of nitrogens with zero attached hydrogens (tertiary/aromatic N) is 3. The second-order valence-electron chi connectivity index (χ2n) is 16.2. The Balaban J connectivity index is 1.13. The summed E-state index contributed by atoms with van der Waals surface area (Å²) in [5, 5.41) is 2.45. The molecule has 11 rings (SSSR count). The molecule has 0 N–H and O–H groups in total. The molecule has 0 amide bonds. The maximum atomic E-state index is 2.48. The van der Waals surface area contributed by atoms with Crippen molar-refractivity contribution in [3.63, 3.8) is 0 Å². The third-order valence-electron chi connectivity index (χ3n) is 12.3. The van der Waals surface area contributed by atoms with E-state index in [-0.39, 0.29) is 5.41 Å². The Bertz CT molecular complexity index is 3110. The quantitative estimate of drug-likeness (QED) is 0.152. The first-order valence-electron chi connectivity index (χ1n) is 20.8. The van der Waals surface area contributed by atoms with Gasteiger partial charge < -0.3 is 14.4 Å². The third kappa shape index (κ3) is 5.89. The van der Waals surface area contributed by atoms with Gasteiger partial charge in [-0.05, 0) is 130 Å². The molecule has 60 heavy (non-hydrogen) atoms. The van der Waals surface area contributed by atoms with Crippen LogP contribution in [0, 0.1) is 0 Å². The second-order valence-corrected chi connectivity index (χ2v) is 16.2. The lowest BCUT2D eigenvalue weighted by molar-refractivity contribution is 0.661. The van der Waals surface area contributed by atoms with Crippen LogP contribution >= 0.6 is 0 Å². The molecule has 3 heteroatoms. The molecule has 0 aliphatic heterocycles. The summed E-state index contributed by atoms with van der Waals surface area (Å²) in [7, 11) is 0. The van der Waals surface area contributed by atoms with Crippen LogP contribution in [-0.4, -0.2) is 4.57 Å². The first kappa shape index (κ1) is 35.5. The monoisotopic (exact) mass is 769 g/mol. The van der Waals surface area contributed by atoms with Gasteiger partial charge in [-0.15, -0.1) is 0 Å². The van der Waals surface area contributed by atoms with E-state index in [4.69, 9.17) is 0 Å². The first-order chi connectivity index (χ1) is 29.5. The fourth-order valence-corrected chi connectivity index (χ4v) is 9.45. The predicted molar refractivity (Wildman–Crippen MR) is 253 cm³/mol. The highest BCUT2D eigenvalue weighted by atomic mass is 15.2. The fraction of sp³-hybridized carbons (Fsp3) is 0.0526. The molecule has 0 bridgehead atoms. The molecule has 1 aromatic heterocycles. The zero-order valence-corrected chi connectivity index (χ0v) is 33.7. The molecule has 0 saturated carbocycles. The van der Waals surface area contributed by atoms with Gasteiger partial charge in [0.15, 0.2) is 0 Å². The minimum Gasteiger partial charge on any atom is -0.310 e. The average Bonchev–Trinajstić information content (AvgIpc) is 3.74. The van der Waals surface area contributed by atoms with Crippen molar-refractivity contribution in [2.75, 3.05) is 9.80 Å². The summed E-state index contributed by atoms with van der Waals surface area (Å²) in [6, 6.07) is 81.4. The van der Waals surface area contributed by atoms with Gasteiger partial charge in [0.25, 0.3) is 0 Å². The van der Waals surface area contributed by atoms with Crippen LogP contribution in [0.4, 0.5) is 34.1 Å². The zero-order valence-electron chi connectivity index (χ0n) is 33.7. The molecule has 3 nitrogen and oxygen atoms in total. The van der Waals surface area contributed by atoms with E-state index in [9.17, 15) is 0 Å². The van der Waals surface area contributed by atoms with E-state index < -0.39 is 0 Å². The Hall–Kier alpha value is -7.62. The van der Waals surface area contributed by atoms with Crippen molar-refractivity contribution in [2.45, 2.75) is 19.3 Å². The molecule has 0 spiro atoms. The van der Waals surface area contributed by atoms with Crippen molar-refractivity contribution in [2.24, 2.45) is 0 Å². The smallest absolute Gasteiger partial charge is 0.0544 e. The van der Waals surface area contributed by atoms with Crippen molar-refractivity contribution >= 4 is 55.9 Å². The normalized spacial score (nSPS) is 12.6. The summed E-state index contributed by atoms with van der Waals surface area (Å²) >= 11 is 0. The van der Waals surface area contributed by atoms with E-state index in [1.807, 2.05) is 0 Å². The molecular weight excluding hydrogens is 727 g/mol. The number of para-hydroxylation sites is 3. The standard InChI is InChI=1S/C57H43N3/c1-57(2)53-29-16-15-28-49(53)50-38-52-51-37-48(58(42-20-9-4-10-21-42)43-22-11-5-12-23-43)34-35-55(51)60(56(52)39-54(50)57)47-27-17-26-46(36-47)59(44-24-13-6-14-25-44)45-32-30-41(31-33-45)40-18-7-3-8-19-40/h3-39H,1-2H3. The van der Waals surface area contributed by atoms with Crippen LogP contribution in [0.5, 0.6) is 0 Å². The highest BCUT2D eigenvalue weighted by molar-refractivity contribution is 6.13. The van der Waals surface area contributed by atoms with E-state index in [0.717, 1.165) is 39.8 Å². The molecule has 10 aromatic rings. The lowest BCUT2D eigenvalue weighted by atomic mass is 9.82. The highest BCUT2D eigenvalue weighted by Gasteiger charge is 2.36. The Morgan fingerprint density at radius 3 is 1.45 bits per heavy atom. The van der Waals surface area contributed by atoms with Crippen LogP contribution in [0.3, 0.4) is 0 Å². The molecule has 0 atom stereocenters. The molecule has 0 unspecified atom stereocenters. The number of hydrogen-bond donors (Lipinski definition) is 0. The number of rotatable bonds is 8. The van der Waals surface area contributed by atoms with E-state index in [0.29, 0.717) is 0 Å². The van der Waals surface area contributed by atoms with Crippen LogP contribution in [0.2, 0.25) is 0 Å². The number of anilines is 6. The van der Waals surface area contributed by atoms with Crippen LogP contribution < -0.4 is 9.80 Å². The van der Waals surface area contributed by atoms with E-state index in [1.165, 1.54) is 55.2 Å². The van der Waals surface area contributed by atoms with Gasteiger partial charge in [0, 0.05) is 56.0 Å². The third-order valence-corrected chi connectivity index (χ3v) is 12.3. The molecule has 9 aromatic carbocycles. The molecule has 1 aliphatic carbocycles. The maximum Gasteiger partial charge on any atom is 0.0544 e. The maximum absolute atomic E-state index is 2.48. The minimum atomic E-state index is -0.137. The molecule has 0 radical (unpaired) electrons. The number of hydrogen-bond acceptors (Lipinski definition) is 2. The van der Waals surface area contributed by atoms with Crippen LogP contribution in [0.25, 0.3) is 49.7 Å². The Kier molecular flexibility index (Phi) is 8.49. The van der Waals surface area contributed by atoms with Crippen LogP contribution in [0.1, 0.15) is 25.0 Å². The fourth-order valence-electron chi connectivity index (χ4n) is 9.45.